The van der Waals surface area contributed by atoms with E-state index in [1.165, 1.54) is 49.4 Å². The monoisotopic (exact) mass is 419 g/mol. The fourth-order valence-electron chi connectivity index (χ4n) is 6.31. The van der Waals surface area contributed by atoms with Crippen molar-refractivity contribution in [2.45, 2.75) is 45.1 Å². The Balaban J connectivity index is 1.30. The van der Waals surface area contributed by atoms with Crippen LogP contribution in [0.15, 0.2) is 23.3 Å². The number of benzene rings is 1. The summed E-state index contributed by atoms with van der Waals surface area (Å²) in [4.78, 5) is 29.5. The molecular formula is C21H23Cl2N3O2. The summed E-state index contributed by atoms with van der Waals surface area (Å²) >= 11 is 12.1. The molecule has 1 aromatic carbocycles. The van der Waals surface area contributed by atoms with Crippen LogP contribution in [0.25, 0.3) is 10.9 Å². The normalized spacial score (nSPS) is 30.7. The number of nitrogens with zero attached hydrogens (tertiary/aromatic N) is 2. The summed E-state index contributed by atoms with van der Waals surface area (Å²) in [6.45, 7) is 0.682. The second-order valence-electron chi connectivity index (χ2n) is 9.16. The van der Waals surface area contributed by atoms with Gasteiger partial charge in [-0.3, -0.25) is 14.2 Å². The maximum atomic E-state index is 12.7. The summed E-state index contributed by atoms with van der Waals surface area (Å²) in [5.41, 5.74) is 0.374. The van der Waals surface area contributed by atoms with Gasteiger partial charge in [-0.25, -0.2) is 4.98 Å². The number of rotatable bonds is 4. The van der Waals surface area contributed by atoms with Gasteiger partial charge >= 0.3 is 0 Å². The summed E-state index contributed by atoms with van der Waals surface area (Å²) in [6, 6.07) is 3.10. The maximum Gasteiger partial charge on any atom is 0.261 e. The number of halogens is 2. The molecule has 5 nitrogen and oxygen atoms in total. The minimum Gasteiger partial charge on any atom is -0.354 e. The molecule has 6 rings (SSSR count). The second kappa shape index (κ2) is 6.74. The zero-order valence-electron chi connectivity index (χ0n) is 15.6. The van der Waals surface area contributed by atoms with E-state index < -0.39 is 0 Å². The second-order valence-corrected chi connectivity index (χ2v) is 10.00. The molecule has 0 unspecified atom stereocenters. The molecule has 4 saturated carbocycles. The molecule has 1 N–H and O–H groups in total. The van der Waals surface area contributed by atoms with Gasteiger partial charge in [0.05, 0.1) is 22.3 Å². The molecule has 0 radical (unpaired) electrons. The fourth-order valence-corrected chi connectivity index (χ4v) is 6.85. The van der Waals surface area contributed by atoms with Crippen LogP contribution in [-0.2, 0) is 11.3 Å². The van der Waals surface area contributed by atoms with E-state index in [1.807, 2.05) is 0 Å². The molecule has 4 aliphatic carbocycles. The maximum absolute atomic E-state index is 12.7. The van der Waals surface area contributed by atoms with E-state index >= 15 is 0 Å². The summed E-state index contributed by atoms with van der Waals surface area (Å²) in [5.74, 6) is 2.41. The van der Waals surface area contributed by atoms with Crippen molar-refractivity contribution in [1.82, 2.24) is 14.9 Å². The molecule has 1 amide bonds. The van der Waals surface area contributed by atoms with Crippen molar-refractivity contribution in [3.05, 3.63) is 38.9 Å². The quantitative estimate of drug-likeness (QED) is 0.812. The number of fused-ring (bicyclic) bond motifs is 1. The van der Waals surface area contributed by atoms with Gasteiger partial charge in [0.25, 0.3) is 5.56 Å². The molecule has 148 valence electrons. The van der Waals surface area contributed by atoms with Crippen LogP contribution in [0.5, 0.6) is 0 Å². The molecule has 4 aliphatic rings. The van der Waals surface area contributed by atoms with Crippen LogP contribution < -0.4 is 10.9 Å². The van der Waals surface area contributed by atoms with Crippen LogP contribution in [0.2, 0.25) is 10.0 Å². The summed E-state index contributed by atoms with van der Waals surface area (Å²) in [5, 5.41) is 4.14. The number of hydrogen-bond acceptors (Lipinski definition) is 3. The van der Waals surface area contributed by atoms with Gasteiger partial charge in [-0.05, 0) is 73.8 Å². The molecule has 0 aliphatic heterocycles. The van der Waals surface area contributed by atoms with Crippen LogP contribution in [-0.4, -0.2) is 22.0 Å². The van der Waals surface area contributed by atoms with Gasteiger partial charge < -0.3 is 5.32 Å². The van der Waals surface area contributed by atoms with Crippen molar-refractivity contribution < 1.29 is 4.79 Å². The Labute approximate surface area is 173 Å². The van der Waals surface area contributed by atoms with Gasteiger partial charge in [0.1, 0.15) is 6.54 Å². The van der Waals surface area contributed by atoms with Gasteiger partial charge in [0.15, 0.2) is 0 Å². The van der Waals surface area contributed by atoms with Gasteiger partial charge in [-0.2, -0.15) is 0 Å². The average molecular weight is 420 g/mol. The summed E-state index contributed by atoms with van der Waals surface area (Å²) in [6.07, 6.45) is 9.27. The van der Waals surface area contributed by atoms with Crippen LogP contribution >= 0.6 is 23.2 Å². The number of amides is 1. The molecule has 2 aromatic rings. The number of hydrogen-bond donors (Lipinski definition) is 1. The SMILES string of the molecule is O=C(Cn1cnc2c(Cl)cc(Cl)cc2c1=O)NCC12CC3CC(CC(C3)C1)C2. The van der Waals surface area contributed by atoms with E-state index in [2.05, 4.69) is 10.3 Å². The number of carbonyl (C=O) groups excluding carboxylic acids is 1. The lowest BCUT2D eigenvalue weighted by molar-refractivity contribution is -0.123. The third-order valence-corrected chi connectivity index (χ3v) is 7.49. The third-order valence-electron chi connectivity index (χ3n) is 6.99. The highest BCUT2D eigenvalue weighted by atomic mass is 35.5. The van der Waals surface area contributed by atoms with Gasteiger partial charge in [-0.15, -0.1) is 0 Å². The number of carbonyl (C=O) groups is 1. The van der Waals surface area contributed by atoms with Gasteiger partial charge in [0.2, 0.25) is 5.91 Å². The van der Waals surface area contributed by atoms with E-state index in [0.29, 0.717) is 20.9 Å². The molecule has 0 spiro atoms. The third kappa shape index (κ3) is 3.22. The molecular weight excluding hydrogens is 397 g/mol. The van der Waals surface area contributed by atoms with Crippen LogP contribution in [0.4, 0.5) is 0 Å². The lowest BCUT2D eigenvalue weighted by Gasteiger charge is -2.56. The zero-order valence-corrected chi connectivity index (χ0v) is 17.1. The number of aromatic nitrogens is 2. The highest BCUT2D eigenvalue weighted by molar-refractivity contribution is 6.38. The predicted molar refractivity (Wildman–Crippen MR) is 110 cm³/mol. The molecule has 7 heteroatoms. The Kier molecular flexibility index (Phi) is 4.44. The Hall–Kier alpha value is -1.59. The Morgan fingerprint density at radius 1 is 1.14 bits per heavy atom. The van der Waals surface area contributed by atoms with Crippen LogP contribution in [0.1, 0.15) is 38.5 Å². The first-order chi connectivity index (χ1) is 13.4. The van der Waals surface area contributed by atoms with Crippen molar-refractivity contribution in [2.75, 3.05) is 6.54 Å². The minimum atomic E-state index is -0.306. The predicted octanol–water partition coefficient (Wildman–Crippen LogP) is 4.04. The van der Waals surface area contributed by atoms with Crippen molar-refractivity contribution in [2.24, 2.45) is 23.2 Å². The molecule has 1 heterocycles. The Morgan fingerprint density at radius 2 is 1.79 bits per heavy atom. The lowest BCUT2D eigenvalue weighted by Crippen LogP contribution is -2.51. The summed E-state index contributed by atoms with van der Waals surface area (Å²) < 4.78 is 1.32. The lowest BCUT2D eigenvalue weighted by atomic mass is 9.49. The largest absolute Gasteiger partial charge is 0.354 e. The van der Waals surface area contributed by atoms with Crippen molar-refractivity contribution >= 4 is 40.0 Å². The smallest absolute Gasteiger partial charge is 0.261 e. The standard InChI is InChI=1S/C21H23Cl2N3O2/c22-15-4-16-19(17(23)5-15)25-11-26(20(16)28)9-18(27)24-10-21-6-12-1-13(7-21)3-14(2-12)8-21/h4-5,11-14H,1-3,6-10H2,(H,24,27). The van der Waals surface area contributed by atoms with E-state index in [-0.39, 0.29) is 23.4 Å². The molecule has 28 heavy (non-hydrogen) atoms. The van der Waals surface area contributed by atoms with Gasteiger partial charge in [0, 0.05) is 11.6 Å². The average Bonchev–Trinajstić information content (AvgIpc) is 2.62. The number of nitrogens with one attached hydrogen (secondary N) is 1. The molecule has 0 atom stereocenters. The first-order valence-corrected chi connectivity index (χ1v) is 10.8. The van der Waals surface area contributed by atoms with Crippen molar-refractivity contribution in [3.63, 3.8) is 0 Å². The van der Waals surface area contributed by atoms with E-state index in [9.17, 15) is 9.59 Å². The van der Waals surface area contributed by atoms with Crippen LogP contribution in [0, 0.1) is 23.2 Å². The van der Waals surface area contributed by atoms with Crippen molar-refractivity contribution in [1.29, 1.82) is 0 Å². The topological polar surface area (TPSA) is 64.0 Å². The molecule has 0 saturated heterocycles. The van der Waals surface area contributed by atoms with Gasteiger partial charge in [-0.1, -0.05) is 23.2 Å². The van der Waals surface area contributed by atoms with E-state index in [0.717, 1.165) is 24.3 Å². The highest BCUT2D eigenvalue weighted by Gasteiger charge is 2.50. The summed E-state index contributed by atoms with van der Waals surface area (Å²) in [7, 11) is 0. The zero-order chi connectivity index (χ0) is 19.5. The van der Waals surface area contributed by atoms with Crippen molar-refractivity contribution in [3.8, 4) is 0 Å². The first kappa shape index (κ1) is 18.4. The fraction of sp³-hybridized carbons (Fsp3) is 0.571. The molecule has 4 fully saturated rings. The molecule has 1 aromatic heterocycles. The van der Waals surface area contributed by atoms with Crippen LogP contribution in [0.3, 0.4) is 0 Å². The highest BCUT2D eigenvalue weighted by Crippen LogP contribution is 2.59. The first-order valence-electron chi connectivity index (χ1n) is 10.0. The Morgan fingerprint density at radius 3 is 2.43 bits per heavy atom. The van der Waals surface area contributed by atoms with E-state index in [4.69, 9.17) is 23.2 Å². The minimum absolute atomic E-state index is 0.0434. The van der Waals surface area contributed by atoms with E-state index in [1.54, 1.807) is 12.1 Å². The Bertz CT molecular complexity index is 981. The molecule has 4 bridgehead atoms.